The first kappa shape index (κ1) is 16.2. The Morgan fingerprint density at radius 1 is 0.714 bits per heavy atom. The summed E-state index contributed by atoms with van der Waals surface area (Å²) >= 11 is 8.45. The predicted octanol–water partition coefficient (Wildman–Crippen LogP) is 8.11. The molecule has 0 N–H and O–H groups in total. The van der Waals surface area contributed by atoms with Crippen LogP contribution in [0.25, 0.3) is 47.7 Å². The standard InChI is InChI=1S/C25H16ClNS/c1-15-10-11-22-19(12-15)17-6-2-4-8-21(17)27(22)23-14-16(26)13-20-18-7-3-5-9-24(18)28-25(20)23/h2-14H,1H3. The smallest absolute Gasteiger partial charge is 0.0655 e. The van der Waals surface area contributed by atoms with Crippen molar-refractivity contribution in [1.29, 1.82) is 0 Å². The number of nitrogens with zero attached hydrogens (tertiary/aromatic N) is 1. The number of aryl methyl sites for hydroxylation is 1. The summed E-state index contributed by atoms with van der Waals surface area (Å²) in [4.78, 5) is 0. The van der Waals surface area contributed by atoms with Gasteiger partial charge in [-0.05, 0) is 43.3 Å². The lowest BCUT2D eigenvalue weighted by Crippen LogP contribution is -1.94. The Morgan fingerprint density at radius 2 is 1.46 bits per heavy atom. The Balaban J connectivity index is 1.85. The van der Waals surface area contributed by atoms with Gasteiger partial charge in [-0.2, -0.15) is 0 Å². The number of benzene rings is 4. The van der Waals surface area contributed by atoms with Crippen molar-refractivity contribution in [1.82, 2.24) is 4.57 Å². The molecule has 0 saturated heterocycles. The van der Waals surface area contributed by atoms with E-state index in [1.165, 1.54) is 47.5 Å². The van der Waals surface area contributed by atoms with Gasteiger partial charge in [0, 0.05) is 31.3 Å². The second-order valence-corrected chi connectivity index (χ2v) is 8.76. The number of hydrogen-bond donors (Lipinski definition) is 0. The summed E-state index contributed by atoms with van der Waals surface area (Å²) in [5, 5.41) is 5.81. The molecule has 2 heterocycles. The van der Waals surface area contributed by atoms with Crippen molar-refractivity contribution in [2.45, 2.75) is 6.92 Å². The SMILES string of the molecule is Cc1ccc2c(c1)c1ccccc1n2-c1cc(Cl)cc2c1sc1ccccc12. The molecule has 0 radical (unpaired) electrons. The maximum Gasteiger partial charge on any atom is 0.0655 e. The van der Waals surface area contributed by atoms with E-state index >= 15 is 0 Å². The molecule has 134 valence electrons. The third-order valence-electron chi connectivity index (χ3n) is 5.49. The van der Waals surface area contributed by atoms with E-state index < -0.39 is 0 Å². The summed E-state index contributed by atoms with van der Waals surface area (Å²) in [5.74, 6) is 0. The monoisotopic (exact) mass is 397 g/mol. The van der Waals surface area contributed by atoms with Crippen molar-refractivity contribution in [3.8, 4) is 5.69 Å². The highest BCUT2D eigenvalue weighted by Gasteiger charge is 2.17. The second kappa shape index (κ2) is 5.84. The number of hydrogen-bond acceptors (Lipinski definition) is 1. The average Bonchev–Trinajstić information content (AvgIpc) is 3.23. The van der Waals surface area contributed by atoms with E-state index in [2.05, 4.69) is 90.4 Å². The molecule has 0 amide bonds. The van der Waals surface area contributed by atoms with Crippen LogP contribution in [-0.4, -0.2) is 4.57 Å². The third kappa shape index (κ3) is 2.19. The number of thiophene rings is 1. The fourth-order valence-electron chi connectivity index (χ4n) is 4.29. The van der Waals surface area contributed by atoms with Crippen LogP contribution in [0.2, 0.25) is 5.02 Å². The summed E-state index contributed by atoms with van der Waals surface area (Å²) < 4.78 is 4.93. The molecule has 0 saturated carbocycles. The molecular formula is C25H16ClNS. The Labute approximate surface area is 171 Å². The zero-order valence-corrected chi connectivity index (χ0v) is 16.8. The molecule has 1 nitrogen and oxygen atoms in total. The topological polar surface area (TPSA) is 4.93 Å². The van der Waals surface area contributed by atoms with Crippen LogP contribution in [0.1, 0.15) is 5.56 Å². The Morgan fingerprint density at radius 3 is 2.36 bits per heavy atom. The average molecular weight is 398 g/mol. The molecule has 0 spiro atoms. The van der Waals surface area contributed by atoms with Crippen LogP contribution < -0.4 is 0 Å². The van der Waals surface area contributed by atoms with E-state index in [1.807, 2.05) is 11.3 Å². The third-order valence-corrected chi connectivity index (χ3v) is 6.92. The first-order valence-electron chi connectivity index (χ1n) is 9.32. The molecule has 0 atom stereocenters. The first-order valence-corrected chi connectivity index (χ1v) is 10.5. The number of aromatic nitrogens is 1. The van der Waals surface area contributed by atoms with Crippen molar-refractivity contribution in [3.63, 3.8) is 0 Å². The molecule has 0 fully saturated rings. The molecule has 0 unspecified atom stereocenters. The number of rotatable bonds is 1. The van der Waals surface area contributed by atoms with Crippen LogP contribution in [0.3, 0.4) is 0 Å². The predicted molar refractivity (Wildman–Crippen MR) is 123 cm³/mol. The van der Waals surface area contributed by atoms with Crippen LogP contribution in [-0.2, 0) is 0 Å². The molecule has 6 aromatic rings. The normalized spacial score (nSPS) is 11.9. The van der Waals surface area contributed by atoms with Crippen molar-refractivity contribution < 1.29 is 0 Å². The van der Waals surface area contributed by atoms with Crippen molar-refractivity contribution in [2.24, 2.45) is 0 Å². The minimum absolute atomic E-state index is 0.768. The van der Waals surface area contributed by atoms with Crippen LogP contribution in [0, 0.1) is 6.92 Å². The highest BCUT2D eigenvalue weighted by Crippen LogP contribution is 2.42. The maximum absolute atomic E-state index is 6.62. The highest BCUT2D eigenvalue weighted by molar-refractivity contribution is 7.26. The van der Waals surface area contributed by atoms with Gasteiger partial charge in [0.1, 0.15) is 0 Å². The van der Waals surface area contributed by atoms with Crippen LogP contribution >= 0.6 is 22.9 Å². The molecule has 0 aliphatic carbocycles. The fraction of sp³-hybridized carbons (Fsp3) is 0.0400. The van der Waals surface area contributed by atoms with E-state index in [-0.39, 0.29) is 0 Å². The van der Waals surface area contributed by atoms with Crippen LogP contribution in [0.5, 0.6) is 0 Å². The van der Waals surface area contributed by atoms with E-state index in [9.17, 15) is 0 Å². The zero-order valence-electron chi connectivity index (χ0n) is 15.2. The maximum atomic E-state index is 6.62. The fourth-order valence-corrected chi connectivity index (χ4v) is 5.69. The van der Waals surface area contributed by atoms with E-state index in [0.29, 0.717) is 0 Å². The first-order chi connectivity index (χ1) is 13.7. The molecule has 0 aliphatic rings. The lowest BCUT2D eigenvalue weighted by atomic mass is 10.1. The highest BCUT2D eigenvalue weighted by atomic mass is 35.5. The number of halogens is 1. The van der Waals surface area contributed by atoms with Gasteiger partial charge >= 0.3 is 0 Å². The minimum Gasteiger partial charge on any atom is -0.308 e. The number of para-hydroxylation sites is 1. The summed E-state index contributed by atoms with van der Waals surface area (Å²) in [6, 6.07) is 28.1. The van der Waals surface area contributed by atoms with Gasteiger partial charge < -0.3 is 4.57 Å². The molecule has 4 aromatic carbocycles. The molecular weight excluding hydrogens is 382 g/mol. The molecule has 6 rings (SSSR count). The number of fused-ring (bicyclic) bond motifs is 6. The van der Waals surface area contributed by atoms with Gasteiger partial charge in [0.25, 0.3) is 0 Å². The minimum atomic E-state index is 0.768. The lowest BCUT2D eigenvalue weighted by Gasteiger charge is -2.10. The van der Waals surface area contributed by atoms with Crippen molar-refractivity contribution >= 4 is 64.9 Å². The largest absolute Gasteiger partial charge is 0.308 e. The Bertz CT molecular complexity index is 1540. The molecule has 28 heavy (non-hydrogen) atoms. The van der Waals surface area contributed by atoms with Crippen molar-refractivity contribution in [2.75, 3.05) is 0 Å². The molecule has 2 aromatic heterocycles. The van der Waals surface area contributed by atoms with Crippen LogP contribution in [0.4, 0.5) is 0 Å². The summed E-state index contributed by atoms with van der Waals surface area (Å²) in [6.45, 7) is 2.15. The Hall–Kier alpha value is -2.81. The van der Waals surface area contributed by atoms with Gasteiger partial charge in [-0.1, -0.05) is 59.6 Å². The van der Waals surface area contributed by atoms with Gasteiger partial charge in [0.05, 0.1) is 21.4 Å². The quantitative estimate of drug-likeness (QED) is 0.264. The van der Waals surface area contributed by atoms with Crippen LogP contribution in [0.15, 0.2) is 78.9 Å². The van der Waals surface area contributed by atoms with Gasteiger partial charge in [-0.25, -0.2) is 0 Å². The Kier molecular flexibility index (Phi) is 3.37. The van der Waals surface area contributed by atoms with Gasteiger partial charge in [-0.15, -0.1) is 11.3 Å². The van der Waals surface area contributed by atoms with E-state index in [4.69, 9.17) is 11.6 Å². The van der Waals surface area contributed by atoms with E-state index in [1.54, 1.807) is 0 Å². The van der Waals surface area contributed by atoms with Gasteiger partial charge in [-0.3, -0.25) is 0 Å². The van der Waals surface area contributed by atoms with E-state index in [0.717, 1.165) is 10.7 Å². The molecule has 3 heteroatoms. The summed E-state index contributed by atoms with van der Waals surface area (Å²) in [6.07, 6.45) is 0. The zero-order chi connectivity index (χ0) is 18.8. The second-order valence-electron chi connectivity index (χ2n) is 7.27. The summed E-state index contributed by atoms with van der Waals surface area (Å²) in [5.41, 5.74) is 4.85. The van der Waals surface area contributed by atoms with Gasteiger partial charge in [0.15, 0.2) is 0 Å². The summed E-state index contributed by atoms with van der Waals surface area (Å²) in [7, 11) is 0. The molecule has 0 aliphatic heterocycles. The lowest BCUT2D eigenvalue weighted by molar-refractivity contribution is 1.20. The van der Waals surface area contributed by atoms with Gasteiger partial charge in [0.2, 0.25) is 0 Å². The van der Waals surface area contributed by atoms with Crippen molar-refractivity contribution in [3.05, 3.63) is 89.4 Å². The molecule has 0 bridgehead atoms.